The van der Waals surface area contributed by atoms with Crippen LogP contribution in [0.5, 0.6) is 0 Å². The van der Waals surface area contributed by atoms with Crippen LogP contribution in [0, 0.1) is 0 Å². The summed E-state index contributed by atoms with van der Waals surface area (Å²) in [5.74, 6) is 0. The van der Waals surface area contributed by atoms with E-state index >= 15 is 0 Å². The zero-order valence-electron chi connectivity index (χ0n) is 11.6. The van der Waals surface area contributed by atoms with Gasteiger partial charge in [0, 0.05) is 31.4 Å². The van der Waals surface area contributed by atoms with Crippen molar-refractivity contribution >= 4 is 26.8 Å². The molecule has 1 N–H and O–H groups in total. The first-order chi connectivity index (χ1) is 9.83. The lowest BCUT2D eigenvalue weighted by atomic mass is 10.2. The minimum absolute atomic E-state index is 0.309. The van der Waals surface area contributed by atoms with Crippen molar-refractivity contribution in [3.8, 4) is 0 Å². The molecule has 4 nitrogen and oxygen atoms in total. The number of aromatic nitrogens is 2. The van der Waals surface area contributed by atoms with Crippen molar-refractivity contribution in [1.29, 1.82) is 0 Å². The zero-order chi connectivity index (χ0) is 15.2. The van der Waals surface area contributed by atoms with Crippen molar-refractivity contribution in [2.75, 3.05) is 18.0 Å². The van der Waals surface area contributed by atoms with Gasteiger partial charge in [0.25, 0.3) is 0 Å². The molecule has 0 aromatic carbocycles. The molecule has 2 aromatic heterocycles. The monoisotopic (exact) mass is 316 g/mol. The summed E-state index contributed by atoms with van der Waals surface area (Å²) in [5, 5.41) is 4.15. The molecule has 2 atom stereocenters. The van der Waals surface area contributed by atoms with Crippen LogP contribution in [0.3, 0.4) is 0 Å². The summed E-state index contributed by atoms with van der Waals surface area (Å²) in [6.07, 6.45) is -3.52. The maximum Gasteiger partial charge on any atom is 0.417 e. The molecule has 114 valence electrons. The Morgan fingerprint density at radius 1 is 1.29 bits per heavy atom. The van der Waals surface area contributed by atoms with Gasteiger partial charge in [0.1, 0.15) is 10.3 Å². The maximum absolute atomic E-state index is 12.7. The molecule has 0 unspecified atom stereocenters. The third kappa shape index (κ3) is 2.96. The fourth-order valence-corrected chi connectivity index (χ4v) is 3.49. The SMILES string of the molecule is C[C@@H]1CN(c2nc3cc(C(F)(F)F)cnc3s2)C[C@@H](C)N1. The average Bonchev–Trinajstić information content (AvgIpc) is 2.79. The van der Waals surface area contributed by atoms with E-state index in [-0.39, 0.29) is 0 Å². The molecule has 3 heterocycles. The molecule has 2 aromatic rings. The molecule has 21 heavy (non-hydrogen) atoms. The van der Waals surface area contributed by atoms with Crippen LogP contribution in [0.25, 0.3) is 10.3 Å². The molecule has 0 amide bonds. The lowest BCUT2D eigenvalue weighted by Crippen LogP contribution is -2.54. The first-order valence-corrected chi connectivity index (χ1v) is 7.49. The van der Waals surface area contributed by atoms with E-state index in [2.05, 4.69) is 34.0 Å². The fraction of sp³-hybridized carbons (Fsp3) is 0.538. The van der Waals surface area contributed by atoms with Crippen LogP contribution in [0.4, 0.5) is 18.3 Å². The van der Waals surface area contributed by atoms with Crippen LogP contribution < -0.4 is 10.2 Å². The van der Waals surface area contributed by atoms with Crippen LogP contribution in [0.2, 0.25) is 0 Å². The van der Waals surface area contributed by atoms with Gasteiger partial charge >= 0.3 is 6.18 Å². The molecule has 0 spiro atoms. The van der Waals surface area contributed by atoms with Gasteiger partial charge in [-0.2, -0.15) is 13.2 Å². The third-order valence-electron chi connectivity index (χ3n) is 3.39. The second kappa shape index (κ2) is 5.10. The standard InChI is InChI=1S/C13H15F3N4S/c1-7-5-20(6-8(2)18-7)12-19-10-3-9(13(14,15)16)4-17-11(10)21-12/h3-4,7-8,18H,5-6H2,1-2H3/t7-,8-/m1/s1. The Labute approximate surface area is 124 Å². The molecule has 0 bridgehead atoms. The number of thiazole rings is 1. The van der Waals surface area contributed by atoms with E-state index in [0.717, 1.165) is 30.5 Å². The van der Waals surface area contributed by atoms with Gasteiger partial charge in [0.2, 0.25) is 0 Å². The summed E-state index contributed by atoms with van der Waals surface area (Å²) in [5.41, 5.74) is -0.447. The van der Waals surface area contributed by atoms with Crippen LogP contribution in [-0.2, 0) is 6.18 Å². The number of fused-ring (bicyclic) bond motifs is 1. The van der Waals surface area contributed by atoms with Gasteiger partial charge < -0.3 is 10.2 Å². The first-order valence-electron chi connectivity index (χ1n) is 6.67. The lowest BCUT2D eigenvalue weighted by molar-refractivity contribution is -0.137. The number of alkyl halides is 3. The maximum atomic E-state index is 12.7. The van der Waals surface area contributed by atoms with Gasteiger partial charge in [0.15, 0.2) is 5.13 Å². The van der Waals surface area contributed by atoms with Crippen LogP contribution >= 0.6 is 11.3 Å². The molecule has 1 aliphatic rings. The van der Waals surface area contributed by atoms with E-state index < -0.39 is 11.7 Å². The van der Waals surface area contributed by atoms with Crippen LogP contribution in [-0.4, -0.2) is 35.1 Å². The number of nitrogens with one attached hydrogen (secondary N) is 1. The number of piperazine rings is 1. The quantitative estimate of drug-likeness (QED) is 0.878. The molecule has 0 saturated carbocycles. The second-order valence-corrected chi connectivity index (χ2v) is 6.37. The van der Waals surface area contributed by atoms with E-state index in [1.807, 2.05) is 0 Å². The highest BCUT2D eigenvalue weighted by Gasteiger charge is 2.32. The summed E-state index contributed by atoms with van der Waals surface area (Å²) in [6.45, 7) is 5.73. The molecular weight excluding hydrogens is 301 g/mol. The van der Waals surface area contributed by atoms with Crippen molar-refractivity contribution in [1.82, 2.24) is 15.3 Å². The number of anilines is 1. The Bertz CT molecular complexity index is 644. The normalized spacial score (nSPS) is 23.8. The van der Waals surface area contributed by atoms with E-state index in [4.69, 9.17) is 0 Å². The Balaban J connectivity index is 1.94. The molecule has 0 radical (unpaired) electrons. The molecule has 3 rings (SSSR count). The van der Waals surface area contributed by atoms with Crippen LogP contribution in [0.15, 0.2) is 12.3 Å². The van der Waals surface area contributed by atoms with E-state index in [1.165, 1.54) is 11.3 Å². The third-order valence-corrected chi connectivity index (χ3v) is 4.43. The van der Waals surface area contributed by atoms with E-state index in [0.29, 0.717) is 22.4 Å². The second-order valence-electron chi connectivity index (χ2n) is 5.42. The number of rotatable bonds is 1. The van der Waals surface area contributed by atoms with Crippen molar-refractivity contribution in [3.63, 3.8) is 0 Å². The fourth-order valence-electron chi connectivity index (χ4n) is 2.58. The Morgan fingerprint density at radius 3 is 2.57 bits per heavy atom. The summed E-state index contributed by atoms with van der Waals surface area (Å²) < 4.78 is 38.1. The van der Waals surface area contributed by atoms with Gasteiger partial charge in [-0.25, -0.2) is 9.97 Å². The molecule has 1 saturated heterocycles. The van der Waals surface area contributed by atoms with Crippen LogP contribution in [0.1, 0.15) is 19.4 Å². The number of hydrogen-bond donors (Lipinski definition) is 1. The van der Waals surface area contributed by atoms with E-state index in [9.17, 15) is 13.2 Å². The van der Waals surface area contributed by atoms with Crippen molar-refractivity contribution in [3.05, 3.63) is 17.8 Å². The molecule has 1 aliphatic heterocycles. The van der Waals surface area contributed by atoms with Gasteiger partial charge in [-0.05, 0) is 19.9 Å². The summed E-state index contributed by atoms with van der Waals surface area (Å²) in [6, 6.07) is 1.70. The van der Waals surface area contributed by atoms with Crippen molar-refractivity contribution in [2.45, 2.75) is 32.1 Å². The molecule has 0 aliphatic carbocycles. The highest BCUT2D eigenvalue weighted by molar-refractivity contribution is 7.21. The Hall–Kier alpha value is -1.41. The molecule has 1 fully saturated rings. The van der Waals surface area contributed by atoms with Gasteiger partial charge in [-0.3, -0.25) is 0 Å². The highest BCUT2D eigenvalue weighted by atomic mass is 32.1. The van der Waals surface area contributed by atoms with Gasteiger partial charge in [-0.1, -0.05) is 11.3 Å². The first kappa shape index (κ1) is 14.5. The summed E-state index contributed by atoms with van der Waals surface area (Å²) >= 11 is 1.34. The Kier molecular flexibility index (Phi) is 3.53. The number of nitrogens with zero attached hydrogens (tertiary/aromatic N) is 3. The summed E-state index contributed by atoms with van der Waals surface area (Å²) in [4.78, 5) is 10.9. The predicted octanol–water partition coefficient (Wildman–Crippen LogP) is 2.90. The minimum atomic E-state index is -4.39. The Morgan fingerprint density at radius 2 is 1.95 bits per heavy atom. The number of halogens is 3. The average molecular weight is 316 g/mol. The van der Waals surface area contributed by atoms with Gasteiger partial charge in [0.05, 0.1) is 5.56 Å². The summed E-state index contributed by atoms with van der Waals surface area (Å²) in [7, 11) is 0. The minimum Gasteiger partial charge on any atom is -0.345 e. The highest BCUT2D eigenvalue weighted by Crippen LogP contribution is 2.33. The smallest absolute Gasteiger partial charge is 0.345 e. The molecular formula is C13H15F3N4S. The number of hydrogen-bond acceptors (Lipinski definition) is 5. The predicted molar refractivity (Wildman–Crippen MR) is 76.7 cm³/mol. The molecule has 8 heteroatoms. The van der Waals surface area contributed by atoms with Gasteiger partial charge in [-0.15, -0.1) is 0 Å². The topological polar surface area (TPSA) is 41.1 Å². The lowest BCUT2D eigenvalue weighted by Gasteiger charge is -2.35. The van der Waals surface area contributed by atoms with Crippen molar-refractivity contribution < 1.29 is 13.2 Å². The van der Waals surface area contributed by atoms with Crippen molar-refractivity contribution in [2.24, 2.45) is 0 Å². The largest absolute Gasteiger partial charge is 0.417 e. The number of pyridine rings is 1. The van der Waals surface area contributed by atoms with E-state index in [1.54, 1.807) is 0 Å². The zero-order valence-corrected chi connectivity index (χ0v) is 12.4.